The van der Waals surface area contributed by atoms with Crippen molar-refractivity contribution in [2.45, 2.75) is 30.0 Å². The zero-order valence-corrected chi connectivity index (χ0v) is 14.3. The molecule has 1 aromatic carbocycles. The monoisotopic (exact) mass is 355 g/mol. The maximum atomic E-state index is 12.6. The maximum Gasteiger partial charge on any atom is 0.247 e. The predicted octanol–water partition coefficient (Wildman–Crippen LogP) is 1.43. The molecule has 2 heterocycles. The van der Waals surface area contributed by atoms with Gasteiger partial charge in [0.05, 0.1) is 16.9 Å². The Balaban J connectivity index is 1.83. The minimum atomic E-state index is -1.36. The highest BCUT2D eigenvalue weighted by molar-refractivity contribution is 8.00. The normalized spacial score (nSPS) is 17.2. The average molecular weight is 355 g/mol. The lowest BCUT2D eigenvalue weighted by Gasteiger charge is -2.16. The summed E-state index contributed by atoms with van der Waals surface area (Å²) < 4.78 is 0. The van der Waals surface area contributed by atoms with E-state index >= 15 is 0 Å². The van der Waals surface area contributed by atoms with E-state index in [9.17, 15) is 19.5 Å². The van der Waals surface area contributed by atoms with Crippen LogP contribution in [0.4, 0.5) is 5.69 Å². The van der Waals surface area contributed by atoms with E-state index in [2.05, 4.69) is 4.98 Å². The van der Waals surface area contributed by atoms with Crippen molar-refractivity contribution in [3.8, 4) is 0 Å². The average Bonchev–Trinajstić information content (AvgIpc) is 2.89. The Morgan fingerprint density at radius 3 is 2.64 bits per heavy atom. The molecule has 1 saturated heterocycles. The van der Waals surface area contributed by atoms with Crippen molar-refractivity contribution < 1.29 is 19.5 Å². The summed E-state index contributed by atoms with van der Waals surface area (Å²) in [7, 11) is 0. The van der Waals surface area contributed by atoms with Crippen LogP contribution in [0.3, 0.4) is 0 Å². The van der Waals surface area contributed by atoms with E-state index in [0.717, 1.165) is 28.6 Å². The molecule has 0 saturated carbocycles. The number of thioether (sulfide) groups is 1. The summed E-state index contributed by atoms with van der Waals surface area (Å²) >= 11 is 0.980. The van der Waals surface area contributed by atoms with E-state index in [1.165, 1.54) is 18.3 Å². The summed E-state index contributed by atoms with van der Waals surface area (Å²) in [4.78, 5) is 41.3. The number of carbonyl (C=O) groups is 3. The molecule has 128 valence electrons. The van der Waals surface area contributed by atoms with Gasteiger partial charge in [0.25, 0.3) is 0 Å². The first-order chi connectivity index (χ1) is 12.0. The minimum absolute atomic E-state index is 0.00207. The fourth-order valence-electron chi connectivity index (χ4n) is 2.62. The zero-order valence-electron chi connectivity index (χ0n) is 13.5. The number of pyridine rings is 1. The van der Waals surface area contributed by atoms with Crippen LogP contribution >= 0.6 is 11.8 Å². The number of aromatic carboxylic acids is 1. The van der Waals surface area contributed by atoms with E-state index in [-0.39, 0.29) is 28.8 Å². The molecule has 0 radical (unpaired) electrons. The molecule has 6 nitrogen and oxygen atoms in total. The van der Waals surface area contributed by atoms with E-state index in [4.69, 9.17) is 0 Å². The molecule has 1 aliphatic rings. The number of hydrogen-bond acceptors (Lipinski definition) is 6. The summed E-state index contributed by atoms with van der Waals surface area (Å²) in [5.41, 5.74) is 1.55. The van der Waals surface area contributed by atoms with Crippen LogP contribution in [0.2, 0.25) is 0 Å². The van der Waals surface area contributed by atoms with Crippen LogP contribution in [0.15, 0.2) is 47.6 Å². The van der Waals surface area contributed by atoms with Gasteiger partial charge in [0, 0.05) is 18.2 Å². The molecule has 2 amide bonds. The lowest BCUT2D eigenvalue weighted by molar-refractivity contribution is -0.255. The van der Waals surface area contributed by atoms with Gasteiger partial charge in [0.2, 0.25) is 11.8 Å². The number of anilines is 1. The summed E-state index contributed by atoms with van der Waals surface area (Å²) in [6.07, 6.45) is 2.31. The van der Waals surface area contributed by atoms with Crippen LogP contribution < -0.4 is 10.0 Å². The standard InChI is InChI=1S/C18H16N2O4S/c1-2-11-5-7-12(8-6-11)20-15(21)10-14(17(20)22)25-16-13(18(23)24)4-3-9-19-16/h3-9,14H,2,10H2,1H3,(H,23,24)/p-1/t14-/m1/s1. The van der Waals surface area contributed by atoms with Gasteiger partial charge in [-0.05, 0) is 36.2 Å². The van der Waals surface area contributed by atoms with Crippen molar-refractivity contribution in [3.63, 3.8) is 0 Å². The number of amides is 2. The fraction of sp³-hybridized carbons (Fsp3) is 0.222. The van der Waals surface area contributed by atoms with Gasteiger partial charge in [-0.2, -0.15) is 0 Å². The molecule has 0 bridgehead atoms. The quantitative estimate of drug-likeness (QED) is 0.754. The van der Waals surface area contributed by atoms with Gasteiger partial charge >= 0.3 is 0 Å². The largest absolute Gasteiger partial charge is 0.545 e. The molecule has 0 N–H and O–H groups in total. The molecule has 0 aliphatic carbocycles. The molecule has 0 spiro atoms. The van der Waals surface area contributed by atoms with Crippen molar-refractivity contribution in [2.75, 3.05) is 4.90 Å². The summed E-state index contributed by atoms with van der Waals surface area (Å²) in [5, 5.41) is 10.6. The lowest BCUT2D eigenvalue weighted by Crippen LogP contribution is -2.31. The maximum absolute atomic E-state index is 12.6. The molecule has 25 heavy (non-hydrogen) atoms. The second kappa shape index (κ2) is 7.06. The third kappa shape index (κ3) is 3.41. The highest BCUT2D eigenvalue weighted by atomic mass is 32.2. The summed E-state index contributed by atoms with van der Waals surface area (Å²) in [6.45, 7) is 2.02. The first-order valence-corrected chi connectivity index (χ1v) is 8.68. The Bertz CT molecular complexity index is 835. The van der Waals surface area contributed by atoms with Gasteiger partial charge < -0.3 is 9.90 Å². The predicted molar refractivity (Wildman–Crippen MR) is 91.1 cm³/mol. The van der Waals surface area contributed by atoms with Crippen molar-refractivity contribution in [1.82, 2.24) is 4.98 Å². The Kier molecular flexibility index (Phi) is 4.85. The van der Waals surface area contributed by atoms with Crippen molar-refractivity contribution in [3.05, 3.63) is 53.7 Å². The summed E-state index contributed by atoms with van der Waals surface area (Å²) in [6, 6.07) is 10.1. The molecular weight excluding hydrogens is 340 g/mol. The van der Waals surface area contributed by atoms with Crippen LogP contribution in [0.25, 0.3) is 0 Å². The van der Waals surface area contributed by atoms with Gasteiger partial charge in [-0.3, -0.25) is 9.59 Å². The molecule has 1 atom stereocenters. The third-order valence-corrected chi connectivity index (χ3v) is 5.15. The molecule has 2 aromatic rings. The van der Waals surface area contributed by atoms with Crippen LogP contribution in [0.1, 0.15) is 29.3 Å². The van der Waals surface area contributed by atoms with Gasteiger partial charge in [-0.1, -0.05) is 30.8 Å². The number of aryl methyl sites for hydroxylation is 1. The van der Waals surface area contributed by atoms with Crippen LogP contribution in [0, 0.1) is 0 Å². The Hall–Kier alpha value is -2.67. The van der Waals surface area contributed by atoms with Crippen LogP contribution in [-0.4, -0.2) is 28.0 Å². The van der Waals surface area contributed by atoms with E-state index < -0.39 is 11.2 Å². The van der Waals surface area contributed by atoms with Crippen molar-refractivity contribution in [1.29, 1.82) is 0 Å². The Morgan fingerprint density at radius 1 is 1.28 bits per heavy atom. The summed E-state index contributed by atoms with van der Waals surface area (Å²) in [5.74, 6) is -2.04. The van der Waals surface area contributed by atoms with E-state index in [1.54, 1.807) is 12.1 Å². The highest BCUT2D eigenvalue weighted by Crippen LogP contribution is 2.34. The number of aromatic nitrogens is 1. The number of rotatable bonds is 5. The van der Waals surface area contributed by atoms with Gasteiger partial charge in [-0.25, -0.2) is 9.88 Å². The third-order valence-electron chi connectivity index (χ3n) is 3.95. The SMILES string of the molecule is CCc1ccc(N2C(=O)C[C@@H](Sc3ncccc3C(=O)[O-])C2=O)cc1. The number of imide groups is 1. The zero-order chi connectivity index (χ0) is 18.0. The number of carboxylic acids is 1. The smallest absolute Gasteiger partial charge is 0.247 e. The van der Waals surface area contributed by atoms with Gasteiger partial charge in [0.15, 0.2) is 0 Å². The van der Waals surface area contributed by atoms with Crippen LogP contribution in [-0.2, 0) is 16.0 Å². The second-order valence-electron chi connectivity index (χ2n) is 5.54. The van der Waals surface area contributed by atoms with Crippen molar-refractivity contribution in [2.24, 2.45) is 0 Å². The molecular formula is C18H15N2O4S-. The molecule has 3 rings (SSSR count). The first-order valence-electron chi connectivity index (χ1n) is 7.80. The number of nitrogens with zero attached hydrogens (tertiary/aromatic N) is 2. The molecule has 1 aromatic heterocycles. The first kappa shape index (κ1) is 17.2. The number of carboxylic acid groups (broad SMARTS) is 1. The lowest BCUT2D eigenvalue weighted by atomic mass is 10.1. The highest BCUT2D eigenvalue weighted by Gasteiger charge is 2.40. The Morgan fingerprint density at radius 2 is 2.00 bits per heavy atom. The number of hydrogen-bond donors (Lipinski definition) is 0. The van der Waals surface area contributed by atoms with Crippen molar-refractivity contribution >= 4 is 35.2 Å². The van der Waals surface area contributed by atoms with E-state index in [1.807, 2.05) is 19.1 Å². The minimum Gasteiger partial charge on any atom is -0.545 e. The number of benzene rings is 1. The molecule has 1 fully saturated rings. The van der Waals surface area contributed by atoms with E-state index in [0.29, 0.717) is 5.69 Å². The Labute approximate surface area is 148 Å². The second-order valence-corrected chi connectivity index (χ2v) is 6.73. The fourth-order valence-corrected chi connectivity index (χ4v) is 3.72. The number of carbonyl (C=O) groups excluding carboxylic acids is 3. The topological polar surface area (TPSA) is 90.4 Å². The van der Waals surface area contributed by atoms with Crippen LogP contribution in [0.5, 0.6) is 0 Å². The van der Waals surface area contributed by atoms with Gasteiger partial charge in [-0.15, -0.1) is 0 Å². The van der Waals surface area contributed by atoms with Gasteiger partial charge in [0.1, 0.15) is 5.03 Å². The molecule has 7 heteroatoms. The molecule has 0 unspecified atom stereocenters. The molecule has 1 aliphatic heterocycles.